The lowest BCUT2D eigenvalue weighted by Gasteiger charge is -2.24. The first kappa shape index (κ1) is 19.6. The zero-order valence-corrected chi connectivity index (χ0v) is 17.7. The maximum atomic E-state index is 6.01. The second kappa shape index (κ2) is 8.05. The van der Waals surface area contributed by atoms with E-state index < -0.39 is 0 Å². The van der Waals surface area contributed by atoms with Crippen LogP contribution in [-0.4, -0.2) is 34.1 Å². The van der Waals surface area contributed by atoms with E-state index in [1.165, 1.54) is 0 Å². The molecule has 5 rings (SSSR count). The fourth-order valence-corrected chi connectivity index (χ4v) is 3.66. The summed E-state index contributed by atoms with van der Waals surface area (Å²) >= 11 is 5.99. The topological polar surface area (TPSA) is 84.4 Å². The second-order valence-corrected chi connectivity index (χ2v) is 7.48. The van der Waals surface area contributed by atoms with E-state index in [-0.39, 0.29) is 6.10 Å². The van der Waals surface area contributed by atoms with Gasteiger partial charge in [-0.25, -0.2) is 0 Å². The number of ether oxygens (including phenoxy) is 3. The molecule has 0 radical (unpaired) electrons. The lowest BCUT2D eigenvalue weighted by molar-refractivity contribution is -0.00112. The number of hydrogen-bond donors (Lipinski definition) is 0. The van der Waals surface area contributed by atoms with E-state index in [9.17, 15) is 0 Å². The molecule has 1 aliphatic heterocycles. The number of fused-ring (bicyclic) bond motifs is 1. The Labute approximate surface area is 183 Å². The van der Waals surface area contributed by atoms with Crippen LogP contribution in [0.25, 0.3) is 23.0 Å². The molecule has 2 aromatic heterocycles. The Kier molecular flexibility index (Phi) is 5.09. The van der Waals surface area contributed by atoms with Crippen LogP contribution in [0.15, 0.2) is 53.1 Å². The van der Waals surface area contributed by atoms with Crippen molar-refractivity contribution in [3.8, 4) is 34.5 Å². The van der Waals surface area contributed by atoms with Crippen molar-refractivity contribution in [1.29, 1.82) is 0 Å². The fraction of sp³-hybridized carbons (Fsp3) is 0.227. The third-order valence-electron chi connectivity index (χ3n) is 5.17. The SMILES string of the molecule is COc1ccc(-c2noc(-c3cc4n(n3)C[C@H](c3ccc(Cl)cc3)OC4)n2)c(OC)c1. The van der Waals surface area contributed by atoms with Gasteiger partial charge in [-0.2, -0.15) is 10.1 Å². The Bertz CT molecular complexity index is 1220. The monoisotopic (exact) mass is 438 g/mol. The van der Waals surface area contributed by atoms with Crippen molar-refractivity contribution in [3.05, 3.63) is 64.8 Å². The highest BCUT2D eigenvalue weighted by Gasteiger charge is 2.25. The molecule has 3 heterocycles. The maximum Gasteiger partial charge on any atom is 0.278 e. The van der Waals surface area contributed by atoms with E-state index in [1.54, 1.807) is 20.3 Å². The molecule has 0 unspecified atom stereocenters. The molecule has 4 aromatic rings. The van der Waals surface area contributed by atoms with E-state index in [2.05, 4.69) is 15.2 Å². The van der Waals surface area contributed by atoms with E-state index in [4.69, 9.17) is 30.3 Å². The van der Waals surface area contributed by atoms with Gasteiger partial charge in [0.25, 0.3) is 5.89 Å². The summed E-state index contributed by atoms with van der Waals surface area (Å²) in [7, 11) is 3.18. The van der Waals surface area contributed by atoms with Gasteiger partial charge in [0.2, 0.25) is 5.82 Å². The van der Waals surface area contributed by atoms with Crippen molar-refractivity contribution in [2.45, 2.75) is 19.3 Å². The fourth-order valence-electron chi connectivity index (χ4n) is 3.53. The lowest BCUT2D eigenvalue weighted by Crippen LogP contribution is -2.21. The number of methoxy groups -OCH3 is 2. The zero-order valence-electron chi connectivity index (χ0n) is 16.9. The first-order chi connectivity index (χ1) is 15.1. The number of halogens is 1. The van der Waals surface area contributed by atoms with Crippen molar-refractivity contribution < 1.29 is 18.7 Å². The lowest BCUT2D eigenvalue weighted by atomic mass is 10.1. The maximum absolute atomic E-state index is 6.01. The number of rotatable bonds is 5. The van der Waals surface area contributed by atoms with Crippen LogP contribution in [-0.2, 0) is 17.9 Å². The summed E-state index contributed by atoms with van der Waals surface area (Å²) in [5.74, 6) is 2.02. The molecule has 2 aromatic carbocycles. The molecule has 31 heavy (non-hydrogen) atoms. The summed E-state index contributed by atoms with van der Waals surface area (Å²) in [5, 5.41) is 9.45. The number of benzene rings is 2. The molecule has 9 heteroatoms. The smallest absolute Gasteiger partial charge is 0.278 e. The summed E-state index contributed by atoms with van der Waals surface area (Å²) in [6.07, 6.45) is -0.0978. The number of nitrogens with zero attached hydrogens (tertiary/aromatic N) is 4. The zero-order chi connectivity index (χ0) is 21.4. The highest BCUT2D eigenvalue weighted by Crippen LogP contribution is 2.33. The van der Waals surface area contributed by atoms with Crippen LogP contribution < -0.4 is 9.47 Å². The van der Waals surface area contributed by atoms with Gasteiger partial charge in [0.1, 0.15) is 17.6 Å². The summed E-state index contributed by atoms with van der Waals surface area (Å²) in [6.45, 7) is 1.03. The molecule has 1 aliphatic rings. The van der Waals surface area contributed by atoms with E-state index in [1.807, 2.05) is 47.1 Å². The standard InChI is InChI=1S/C22H19ClN4O4/c1-28-16-7-8-17(19(10-16)29-2)21-24-22(31-26-21)18-9-15-12-30-20(11-27(15)25-18)13-3-5-14(23)6-4-13/h3-10,20H,11-12H2,1-2H3/t20-/m1/s1. The van der Waals surface area contributed by atoms with Gasteiger partial charge in [-0.05, 0) is 35.9 Å². The van der Waals surface area contributed by atoms with E-state index in [0.717, 1.165) is 11.3 Å². The van der Waals surface area contributed by atoms with Crippen LogP contribution >= 0.6 is 11.6 Å². The van der Waals surface area contributed by atoms with E-state index in [0.29, 0.717) is 52.6 Å². The Morgan fingerprint density at radius 1 is 1.06 bits per heavy atom. The summed E-state index contributed by atoms with van der Waals surface area (Å²) in [6, 6.07) is 15.0. The van der Waals surface area contributed by atoms with Crippen LogP contribution in [0.5, 0.6) is 11.5 Å². The normalized spacial score (nSPS) is 15.5. The van der Waals surface area contributed by atoms with Crippen LogP contribution in [0.1, 0.15) is 17.4 Å². The summed E-state index contributed by atoms with van der Waals surface area (Å²) in [4.78, 5) is 4.52. The first-order valence-corrected chi connectivity index (χ1v) is 10.0. The minimum Gasteiger partial charge on any atom is -0.497 e. The van der Waals surface area contributed by atoms with Gasteiger partial charge in [-0.1, -0.05) is 28.9 Å². The molecule has 0 spiro atoms. The third kappa shape index (κ3) is 3.75. The Morgan fingerprint density at radius 3 is 2.68 bits per heavy atom. The molecule has 0 bridgehead atoms. The molecule has 0 saturated heterocycles. The van der Waals surface area contributed by atoms with Crippen molar-refractivity contribution in [2.24, 2.45) is 0 Å². The summed E-state index contributed by atoms with van der Waals surface area (Å²) < 4.78 is 24.1. The summed E-state index contributed by atoms with van der Waals surface area (Å²) in [5.41, 5.74) is 3.30. The highest BCUT2D eigenvalue weighted by molar-refractivity contribution is 6.30. The molecule has 8 nitrogen and oxygen atoms in total. The molecule has 0 fully saturated rings. The molecule has 1 atom stereocenters. The van der Waals surface area contributed by atoms with E-state index >= 15 is 0 Å². The minimum atomic E-state index is -0.0978. The Hall–Kier alpha value is -3.36. The molecule has 0 N–H and O–H groups in total. The minimum absolute atomic E-state index is 0.0978. The molecule has 0 amide bonds. The largest absolute Gasteiger partial charge is 0.497 e. The van der Waals surface area contributed by atoms with Crippen LogP contribution in [0.3, 0.4) is 0 Å². The number of aromatic nitrogens is 4. The van der Waals surface area contributed by atoms with Gasteiger partial charge in [-0.3, -0.25) is 4.68 Å². The molecular weight excluding hydrogens is 420 g/mol. The van der Waals surface area contributed by atoms with Gasteiger partial charge in [0, 0.05) is 11.1 Å². The van der Waals surface area contributed by atoms with Crippen LogP contribution in [0.4, 0.5) is 0 Å². The quantitative estimate of drug-likeness (QED) is 0.452. The average molecular weight is 439 g/mol. The molecule has 0 aliphatic carbocycles. The molecular formula is C22H19ClN4O4. The Morgan fingerprint density at radius 2 is 1.90 bits per heavy atom. The average Bonchev–Trinajstić information content (AvgIpc) is 3.45. The van der Waals surface area contributed by atoms with Gasteiger partial charge in [-0.15, -0.1) is 0 Å². The molecule has 0 saturated carbocycles. The number of hydrogen-bond acceptors (Lipinski definition) is 7. The van der Waals surface area contributed by atoms with Crippen molar-refractivity contribution in [3.63, 3.8) is 0 Å². The Balaban J connectivity index is 1.40. The molecule has 158 valence electrons. The van der Waals surface area contributed by atoms with Crippen molar-refractivity contribution in [1.82, 2.24) is 19.9 Å². The highest BCUT2D eigenvalue weighted by atomic mass is 35.5. The van der Waals surface area contributed by atoms with Gasteiger partial charge < -0.3 is 18.7 Å². The predicted octanol–water partition coefficient (Wildman–Crippen LogP) is 4.54. The first-order valence-electron chi connectivity index (χ1n) is 9.65. The van der Waals surface area contributed by atoms with Gasteiger partial charge in [0.15, 0.2) is 5.69 Å². The van der Waals surface area contributed by atoms with Crippen molar-refractivity contribution >= 4 is 11.6 Å². The second-order valence-electron chi connectivity index (χ2n) is 7.04. The van der Waals surface area contributed by atoms with Crippen LogP contribution in [0.2, 0.25) is 5.02 Å². The third-order valence-corrected chi connectivity index (χ3v) is 5.42. The van der Waals surface area contributed by atoms with Crippen molar-refractivity contribution in [2.75, 3.05) is 14.2 Å². The van der Waals surface area contributed by atoms with Gasteiger partial charge in [0.05, 0.1) is 38.6 Å². The van der Waals surface area contributed by atoms with Gasteiger partial charge >= 0.3 is 0 Å². The predicted molar refractivity (Wildman–Crippen MR) is 113 cm³/mol. The van der Waals surface area contributed by atoms with Crippen LogP contribution in [0, 0.1) is 0 Å².